The lowest BCUT2D eigenvalue weighted by Crippen LogP contribution is -2.53. The molecule has 3 heteroatoms. The molecule has 0 aromatic heterocycles. The Bertz CT molecular complexity index is 457. The van der Waals surface area contributed by atoms with Gasteiger partial charge >= 0.3 is 0 Å². The maximum absolute atomic E-state index is 11.6. The minimum atomic E-state index is 0.156. The van der Waals surface area contributed by atoms with Gasteiger partial charge < -0.3 is 4.90 Å². The van der Waals surface area contributed by atoms with E-state index in [1.807, 2.05) is 4.90 Å². The van der Waals surface area contributed by atoms with Gasteiger partial charge in [0.1, 0.15) is 0 Å². The zero-order chi connectivity index (χ0) is 14.0. The molecule has 2 aliphatic rings. The van der Waals surface area contributed by atoms with Gasteiger partial charge in [-0.3, -0.25) is 9.69 Å². The molecule has 3 nitrogen and oxygen atoms in total. The van der Waals surface area contributed by atoms with Crippen molar-refractivity contribution < 1.29 is 4.79 Å². The predicted octanol–water partition coefficient (Wildman–Crippen LogP) is 2.62. The van der Waals surface area contributed by atoms with Crippen molar-refractivity contribution in [1.82, 2.24) is 9.80 Å². The molecule has 2 fully saturated rings. The number of piperidine rings is 1. The molecule has 2 heterocycles. The molecule has 0 N–H and O–H groups in total. The molecular weight excluding hydrogens is 248 g/mol. The first-order chi connectivity index (χ1) is 9.72. The van der Waals surface area contributed by atoms with Crippen molar-refractivity contribution >= 4 is 5.91 Å². The normalized spacial score (nSPS) is 22.9. The van der Waals surface area contributed by atoms with Crippen LogP contribution in [0.25, 0.3) is 0 Å². The Morgan fingerprint density at radius 3 is 2.15 bits per heavy atom. The van der Waals surface area contributed by atoms with Crippen molar-refractivity contribution in [2.24, 2.45) is 0 Å². The standard InChI is InChI=1S/C17H24N2O/c1-15(20)18-13-9-17(10-14-18,19-11-5-6-12-19)16-7-3-2-4-8-16/h2-4,7-8H,5-6,9-14H2,1H3. The summed E-state index contributed by atoms with van der Waals surface area (Å²) in [5.41, 5.74) is 1.59. The number of benzene rings is 1. The number of hydrogen-bond acceptors (Lipinski definition) is 2. The van der Waals surface area contributed by atoms with Crippen LogP contribution in [0.4, 0.5) is 0 Å². The van der Waals surface area contributed by atoms with Crippen molar-refractivity contribution in [2.45, 2.75) is 38.1 Å². The van der Waals surface area contributed by atoms with Gasteiger partial charge in [0.25, 0.3) is 0 Å². The molecule has 1 aromatic rings. The predicted molar refractivity (Wildman–Crippen MR) is 80.4 cm³/mol. The molecule has 0 aliphatic carbocycles. The van der Waals surface area contributed by atoms with Gasteiger partial charge in [-0.2, -0.15) is 0 Å². The highest BCUT2D eigenvalue weighted by Crippen LogP contribution is 2.40. The van der Waals surface area contributed by atoms with Gasteiger partial charge in [0, 0.05) is 25.6 Å². The van der Waals surface area contributed by atoms with E-state index < -0.39 is 0 Å². The number of nitrogens with zero attached hydrogens (tertiary/aromatic N) is 2. The summed E-state index contributed by atoms with van der Waals surface area (Å²) in [5, 5.41) is 0. The van der Waals surface area contributed by atoms with Gasteiger partial charge in [-0.15, -0.1) is 0 Å². The Kier molecular flexibility index (Phi) is 3.79. The topological polar surface area (TPSA) is 23.6 Å². The SMILES string of the molecule is CC(=O)N1CCC(c2ccccc2)(N2CCCC2)CC1. The van der Waals surface area contributed by atoms with Crippen LogP contribution in [0, 0.1) is 0 Å². The highest BCUT2D eigenvalue weighted by molar-refractivity contribution is 5.73. The van der Waals surface area contributed by atoms with Gasteiger partial charge in [0.05, 0.1) is 0 Å². The Morgan fingerprint density at radius 2 is 1.60 bits per heavy atom. The summed E-state index contributed by atoms with van der Waals surface area (Å²) in [4.78, 5) is 16.2. The second kappa shape index (κ2) is 5.57. The second-order valence-electron chi connectivity index (χ2n) is 6.10. The summed E-state index contributed by atoms with van der Waals surface area (Å²) in [6.45, 7) is 5.87. The summed E-state index contributed by atoms with van der Waals surface area (Å²) >= 11 is 0. The zero-order valence-corrected chi connectivity index (χ0v) is 12.3. The molecule has 108 valence electrons. The van der Waals surface area contributed by atoms with Crippen LogP contribution in [0.1, 0.15) is 38.2 Å². The zero-order valence-electron chi connectivity index (χ0n) is 12.3. The summed E-state index contributed by atoms with van der Waals surface area (Å²) in [5.74, 6) is 0.216. The minimum absolute atomic E-state index is 0.156. The lowest BCUT2D eigenvalue weighted by molar-refractivity contribution is -0.131. The van der Waals surface area contributed by atoms with Crippen LogP contribution in [0.2, 0.25) is 0 Å². The van der Waals surface area contributed by atoms with Crippen LogP contribution < -0.4 is 0 Å². The van der Waals surface area contributed by atoms with Crippen molar-refractivity contribution in [3.05, 3.63) is 35.9 Å². The number of carbonyl (C=O) groups is 1. The van der Waals surface area contributed by atoms with Crippen molar-refractivity contribution in [3.63, 3.8) is 0 Å². The molecule has 0 radical (unpaired) electrons. The summed E-state index contributed by atoms with van der Waals surface area (Å²) in [7, 11) is 0. The van der Waals surface area contributed by atoms with Crippen molar-refractivity contribution in [2.75, 3.05) is 26.2 Å². The van der Waals surface area contributed by atoms with Crippen LogP contribution in [0.15, 0.2) is 30.3 Å². The highest BCUT2D eigenvalue weighted by atomic mass is 16.2. The van der Waals surface area contributed by atoms with Crippen LogP contribution in [0.5, 0.6) is 0 Å². The quantitative estimate of drug-likeness (QED) is 0.826. The Hall–Kier alpha value is -1.35. The lowest BCUT2D eigenvalue weighted by Gasteiger charge is -2.48. The van der Waals surface area contributed by atoms with E-state index in [0.29, 0.717) is 0 Å². The Balaban J connectivity index is 1.88. The lowest BCUT2D eigenvalue weighted by atomic mass is 9.79. The molecule has 0 unspecified atom stereocenters. The largest absolute Gasteiger partial charge is 0.343 e. The molecule has 2 saturated heterocycles. The summed E-state index contributed by atoms with van der Waals surface area (Å²) < 4.78 is 0. The van der Waals surface area contributed by atoms with E-state index in [4.69, 9.17) is 0 Å². The van der Waals surface area contributed by atoms with Gasteiger partial charge in [0.2, 0.25) is 5.91 Å². The monoisotopic (exact) mass is 272 g/mol. The van der Waals surface area contributed by atoms with E-state index >= 15 is 0 Å². The van der Waals surface area contributed by atoms with E-state index in [1.165, 1.54) is 31.5 Å². The molecule has 0 saturated carbocycles. The molecule has 20 heavy (non-hydrogen) atoms. The van der Waals surface area contributed by atoms with Crippen LogP contribution in [-0.4, -0.2) is 41.9 Å². The first-order valence-corrected chi connectivity index (χ1v) is 7.78. The van der Waals surface area contributed by atoms with Gasteiger partial charge in [-0.25, -0.2) is 0 Å². The third-order valence-electron chi connectivity index (χ3n) is 5.06. The van der Waals surface area contributed by atoms with E-state index in [9.17, 15) is 4.79 Å². The number of hydrogen-bond donors (Lipinski definition) is 0. The van der Waals surface area contributed by atoms with Gasteiger partial charge in [-0.1, -0.05) is 30.3 Å². The highest BCUT2D eigenvalue weighted by Gasteiger charge is 2.42. The van der Waals surface area contributed by atoms with Crippen LogP contribution in [0.3, 0.4) is 0 Å². The maximum Gasteiger partial charge on any atom is 0.219 e. The first-order valence-electron chi connectivity index (χ1n) is 7.78. The summed E-state index contributed by atoms with van der Waals surface area (Å²) in [6, 6.07) is 10.9. The average Bonchev–Trinajstić information content (AvgIpc) is 3.03. The Labute approximate surface area is 121 Å². The maximum atomic E-state index is 11.6. The third kappa shape index (κ3) is 2.35. The smallest absolute Gasteiger partial charge is 0.219 e. The van der Waals surface area contributed by atoms with E-state index in [-0.39, 0.29) is 11.4 Å². The first kappa shape index (κ1) is 13.6. The van der Waals surface area contributed by atoms with Crippen molar-refractivity contribution in [1.29, 1.82) is 0 Å². The molecule has 1 aromatic carbocycles. The molecule has 0 bridgehead atoms. The number of rotatable bonds is 2. The third-order valence-corrected chi connectivity index (χ3v) is 5.06. The molecule has 2 aliphatic heterocycles. The van der Waals surface area contributed by atoms with E-state index in [1.54, 1.807) is 6.92 Å². The molecule has 1 amide bonds. The fraction of sp³-hybridized carbons (Fsp3) is 0.588. The van der Waals surface area contributed by atoms with Gasteiger partial charge in [-0.05, 0) is 44.3 Å². The van der Waals surface area contributed by atoms with Gasteiger partial charge in [0.15, 0.2) is 0 Å². The van der Waals surface area contributed by atoms with Crippen LogP contribution >= 0.6 is 0 Å². The number of amides is 1. The molecular formula is C17H24N2O. The van der Waals surface area contributed by atoms with E-state index in [0.717, 1.165) is 25.9 Å². The molecule has 0 spiro atoms. The number of likely N-dealkylation sites (tertiary alicyclic amines) is 2. The summed E-state index contributed by atoms with van der Waals surface area (Å²) in [6.07, 6.45) is 4.75. The minimum Gasteiger partial charge on any atom is -0.343 e. The van der Waals surface area contributed by atoms with E-state index in [2.05, 4.69) is 35.2 Å². The second-order valence-corrected chi connectivity index (χ2v) is 6.10. The molecule has 0 atom stereocenters. The fourth-order valence-electron chi connectivity index (χ4n) is 3.87. The Morgan fingerprint density at radius 1 is 1.00 bits per heavy atom. The fourth-order valence-corrected chi connectivity index (χ4v) is 3.87. The number of carbonyl (C=O) groups excluding carboxylic acids is 1. The average molecular weight is 272 g/mol. The molecule has 3 rings (SSSR count). The van der Waals surface area contributed by atoms with Crippen molar-refractivity contribution in [3.8, 4) is 0 Å². The van der Waals surface area contributed by atoms with Crippen LogP contribution in [-0.2, 0) is 10.3 Å².